The van der Waals surface area contributed by atoms with Gasteiger partial charge in [0, 0.05) is 34.4 Å². The van der Waals surface area contributed by atoms with E-state index in [0.717, 1.165) is 51.0 Å². The monoisotopic (exact) mass is 603 g/mol. The summed E-state index contributed by atoms with van der Waals surface area (Å²) in [5, 5.41) is 0. The summed E-state index contributed by atoms with van der Waals surface area (Å²) >= 11 is 0.337. The highest BCUT2D eigenvalue weighted by atomic mass is 32.2. The van der Waals surface area contributed by atoms with Crippen LogP contribution in [0.5, 0.6) is 0 Å². The molecular weight excluding hydrogens is 553 g/mol. The predicted octanol–water partition coefficient (Wildman–Crippen LogP) is 10.6. The number of halogens is 1. The first-order valence-electron chi connectivity index (χ1n) is 15.3. The maximum Gasteiger partial charge on any atom is 0.163 e. The van der Waals surface area contributed by atoms with E-state index in [1.807, 2.05) is 32.2 Å². The number of rotatable bonds is 6. The summed E-state index contributed by atoms with van der Waals surface area (Å²) in [5.41, 5.74) is 6.67. The molecule has 0 fully saturated rings. The van der Waals surface area contributed by atoms with Gasteiger partial charge < -0.3 is 0 Å². The van der Waals surface area contributed by atoms with Crippen LogP contribution >= 0.6 is 12.1 Å². The quantitative estimate of drug-likeness (QED) is 0.219. The number of imidazole rings is 1. The van der Waals surface area contributed by atoms with E-state index in [1.165, 1.54) is 18.4 Å². The van der Waals surface area contributed by atoms with Gasteiger partial charge in [0.05, 0.1) is 22.6 Å². The molecule has 0 aliphatic heterocycles. The van der Waals surface area contributed by atoms with Crippen molar-refractivity contribution in [2.75, 3.05) is 0 Å². The number of nitrogens with zero attached hydrogens (tertiary/aromatic N) is 5. The minimum absolute atomic E-state index is 0.246. The Hall–Kier alpha value is -3.06. The number of aromatic nitrogens is 5. The lowest BCUT2D eigenvalue weighted by atomic mass is 9.92. The molecule has 0 amide bonds. The lowest BCUT2D eigenvalue weighted by Crippen LogP contribution is -2.24. The molecule has 232 valence electrons. The molecule has 0 atom stereocenters. The van der Waals surface area contributed by atoms with Crippen molar-refractivity contribution in [3.05, 3.63) is 76.6 Å². The highest BCUT2D eigenvalue weighted by Crippen LogP contribution is 2.43. The second-order valence-corrected chi connectivity index (χ2v) is 15.2. The van der Waals surface area contributed by atoms with Crippen LogP contribution in [0.4, 0.5) is 3.89 Å². The Kier molecular flexibility index (Phi) is 10.6. The third kappa shape index (κ3) is 7.91. The number of unbranched alkanes of at least 4 members (excludes halogenated alkanes) is 1. The topological polar surface area (TPSA) is 56.5 Å². The SMILES string of the molecule is CCCC.Cc1cc(C)c(-n2ccnc2-c2cc(-c3nc(C(C)(C)C)nc(C(C)(C)C)n3)ccc2C(C)(C)SF)c(C)c1. The Morgan fingerprint density at radius 2 is 1.30 bits per heavy atom. The van der Waals surface area contributed by atoms with Gasteiger partial charge in [0.1, 0.15) is 17.5 Å². The zero-order valence-corrected chi connectivity index (χ0v) is 29.3. The number of benzene rings is 2. The van der Waals surface area contributed by atoms with Crippen molar-refractivity contribution in [2.24, 2.45) is 0 Å². The fourth-order valence-electron chi connectivity index (χ4n) is 4.85. The molecule has 2 aromatic carbocycles. The summed E-state index contributed by atoms with van der Waals surface area (Å²) in [6.07, 6.45) is 6.42. The Bertz CT molecular complexity index is 1500. The van der Waals surface area contributed by atoms with Crippen molar-refractivity contribution in [3.63, 3.8) is 0 Å². The van der Waals surface area contributed by atoms with Gasteiger partial charge in [0.25, 0.3) is 0 Å². The number of hydrogen-bond donors (Lipinski definition) is 0. The van der Waals surface area contributed by atoms with Crippen LogP contribution in [0.1, 0.15) is 116 Å². The smallest absolute Gasteiger partial charge is 0.163 e. The highest BCUT2D eigenvalue weighted by molar-refractivity contribution is 7.95. The van der Waals surface area contributed by atoms with E-state index in [9.17, 15) is 3.89 Å². The normalized spacial score (nSPS) is 12.2. The van der Waals surface area contributed by atoms with Gasteiger partial charge in [-0.05, 0) is 57.4 Å². The molecule has 0 saturated carbocycles. The average Bonchev–Trinajstić information content (AvgIpc) is 3.40. The van der Waals surface area contributed by atoms with E-state index in [1.54, 1.807) is 6.20 Å². The summed E-state index contributed by atoms with van der Waals surface area (Å²) in [4.78, 5) is 19.5. The van der Waals surface area contributed by atoms with Gasteiger partial charge in [-0.2, -0.15) is 3.89 Å². The molecule has 0 aliphatic rings. The number of hydrogen-bond acceptors (Lipinski definition) is 5. The van der Waals surface area contributed by atoms with Gasteiger partial charge in [-0.3, -0.25) is 4.57 Å². The molecule has 5 nitrogen and oxygen atoms in total. The third-order valence-electron chi connectivity index (χ3n) is 7.35. The van der Waals surface area contributed by atoms with Crippen LogP contribution in [0.3, 0.4) is 0 Å². The molecule has 0 bridgehead atoms. The molecule has 0 saturated heterocycles. The van der Waals surface area contributed by atoms with Crippen LogP contribution < -0.4 is 0 Å². The summed E-state index contributed by atoms with van der Waals surface area (Å²) in [5.74, 6) is 2.86. The van der Waals surface area contributed by atoms with E-state index < -0.39 is 4.75 Å². The first kappa shape index (κ1) is 34.4. The van der Waals surface area contributed by atoms with Crippen LogP contribution in [0, 0.1) is 20.8 Å². The molecule has 0 spiro atoms. The van der Waals surface area contributed by atoms with Crippen molar-refractivity contribution in [3.8, 4) is 28.5 Å². The molecule has 4 rings (SSSR count). The molecule has 0 radical (unpaired) electrons. The van der Waals surface area contributed by atoms with Crippen molar-refractivity contribution in [1.82, 2.24) is 24.5 Å². The third-order valence-corrected chi connectivity index (χ3v) is 7.96. The van der Waals surface area contributed by atoms with E-state index in [2.05, 4.69) is 98.9 Å². The summed E-state index contributed by atoms with van der Waals surface area (Å²) in [6, 6.07) is 10.4. The Morgan fingerprint density at radius 1 is 0.767 bits per heavy atom. The first-order chi connectivity index (χ1) is 19.9. The standard InChI is InChI=1S/C32H40FN5S.C4H10/c1-19-16-20(2)25(21(3)17-19)38-15-14-34-27(38)23-18-22(12-13-24(23)32(10,11)39-33)26-35-28(30(4,5)6)37-29(36-26)31(7,8)9;1-3-4-2/h12-18H,1-11H3;3-4H2,1-2H3. The Labute approximate surface area is 263 Å². The van der Waals surface area contributed by atoms with Crippen LogP contribution in [-0.2, 0) is 15.6 Å². The molecule has 4 aromatic rings. The highest BCUT2D eigenvalue weighted by Gasteiger charge is 2.30. The van der Waals surface area contributed by atoms with E-state index in [4.69, 9.17) is 19.9 Å². The minimum atomic E-state index is -0.783. The molecular formula is C36H50FN5S. The van der Waals surface area contributed by atoms with Gasteiger partial charge in [0.2, 0.25) is 0 Å². The molecule has 2 heterocycles. The summed E-state index contributed by atoms with van der Waals surface area (Å²) in [6.45, 7) is 27.1. The van der Waals surface area contributed by atoms with Crippen molar-refractivity contribution in [2.45, 2.75) is 118 Å². The van der Waals surface area contributed by atoms with Crippen LogP contribution in [0.2, 0.25) is 0 Å². The molecule has 0 aliphatic carbocycles. The zero-order valence-electron chi connectivity index (χ0n) is 28.5. The van der Waals surface area contributed by atoms with Gasteiger partial charge in [-0.1, -0.05) is 98.1 Å². The van der Waals surface area contributed by atoms with Crippen molar-refractivity contribution in [1.29, 1.82) is 0 Å². The zero-order chi connectivity index (χ0) is 32.3. The largest absolute Gasteiger partial charge is 0.299 e. The van der Waals surface area contributed by atoms with Gasteiger partial charge in [-0.15, -0.1) is 0 Å². The minimum Gasteiger partial charge on any atom is -0.299 e. The van der Waals surface area contributed by atoms with Crippen molar-refractivity contribution < 1.29 is 3.89 Å². The Morgan fingerprint density at radius 3 is 1.77 bits per heavy atom. The van der Waals surface area contributed by atoms with Crippen LogP contribution in [0.25, 0.3) is 28.5 Å². The maximum absolute atomic E-state index is 14.3. The van der Waals surface area contributed by atoms with Crippen LogP contribution in [0.15, 0.2) is 42.7 Å². The van der Waals surface area contributed by atoms with Gasteiger partial charge >= 0.3 is 0 Å². The lowest BCUT2D eigenvalue weighted by Gasteiger charge is -2.25. The lowest BCUT2D eigenvalue weighted by molar-refractivity contribution is 0.497. The average molecular weight is 604 g/mol. The van der Waals surface area contributed by atoms with E-state index in [0.29, 0.717) is 18.0 Å². The summed E-state index contributed by atoms with van der Waals surface area (Å²) < 4.78 is 15.7. The fourth-order valence-corrected chi connectivity index (χ4v) is 5.11. The molecule has 2 aromatic heterocycles. The van der Waals surface area contributed by atoms with E-state index >= 15 is 0 Å². The van der Waals surface area contributed by atoms with Crippen molar-refractivity contribution >= 4 is 12.1 Å². The Balaban J connectivity index is 0.00000119. The maximum atomic E-state index is 14.3. The molecule has 7 heteroatoms. The fraction of sp³-hybridized carbons (Fsp3) is 0.500. The predicted molar refractivity (Wildman–Crippen MR) is 182 cm³/mol. The van der Waals surface area contributed by atoms with Gasteiger partial charge in [0.15, 0.2) is 5.82 Å². The van der Waals surface area contributed by atoms with Gasteiger partial charge in [-0.25, -0.2) is 19.9 Å². The molecule has 0 unspecified atom stereocenters. The summed E-state index contributed by atoms with van der Waals surface area (Å²) in [7, 11) is 0. The van der Waals surface area contributed by atoms with Crippen LogP contribution in [-0.4, -0.2) is 24.5 Å². The molecule has 0 N–H and O–H groups in total. The number of aryl methyl sites for hydroxylation is 3. The molecule has 43 heavy (non-hydrogen) atoms. The van der Waals surface area contributed by atoms with E-state index in [-0.39, 0.29) is 10.8 Å². The first-order valence-corrected chi connectivity index (χ1v) is 16.0. The second kappa shape index (κ2) is 13.3. The second-order valence-electron chi connectivity index (χ2n) is 14.0.